The van der Waals surface area contributed by atoms with Crippen molar-refractivity contribution >= 4 is 24.2 Å². The summed E-state index contributed by atoms with van der Waals surface area (Å²) in [5.41, 5.74) is -2.00. The van der Waals surface area contributed by atoms with Crippen LogP contribution in [-0.4, -0.2) is 68.5 Å². The number of unbranched alkanes of at least 4 members (excludes halogenated alkanes) is 22. The van der Waals surface area contributed by atoms with Gasteiger partial charge in [-0.15, -0.1) is 0 Å². The molecule has 0 spiro atoms. The Labute approximate surface area is 288 Å². The fourth-order valence-corrected chi connectivity index (χ4v) is 5.72. The van der Waals surface area contributed by atoms with Crippen LogP contribution >= 0.6 is 0 Å². The van der Waals surface area contributed by atoms with Gasteiger partial charge in [-0.3, -0.25) is 9.59 Å². The molecule has 47 heavy (non-hydrogen) atoms. The standard InChI is InChI=1S/C39H73NO7/c1-5-7-9-11-13-15-17-19-21-23-25-27-33-45-37(43)35-39(30-32-41,47-36(42)29-31-40(3)4)38(44)46-34-28-26-24-22-20-18-16-14-12-10-8-6-2/h32H,5-31,33-35H2,1-4H3. The highest BCUT2D eigenvalue weighted by atomic mass is 16.6. The number of carbonyl (C=O) groups is 4. The van der Waals surface area contributed by atoms with Crippen LogP contribution in [-0.2, 0) is 33.4 Å². The van der Waals surface area contributed by atoms with Crippen LogP contribution in [0.2, 0.25) is 0 Å². The van der Waals surface area contributed by atoms with Gasteiger partial charge in [0.15, 0.2) is 0 Å². The molecular formula is C39H73NO7. The second kappa shape index (κ2) is 32.6. The molecule has 0 aliphatic carbocycles. The molecule has 1 unspecified atom stereocenters. The summed E-state index contributed by atoms with van der Waals surface area (Å²) in [5.74, 6) is -2.18. The first-order valence-electron chi connectivity index (χ1n) is 19.4. The van der Waals surface area contributed by atoms with Crippen molar-refractivity contribution in [3.05, 3.63) is 0 Å². The van der Waals surface area contributed by atoms with E-state index < -0.39 is 36.4 Å². The highest BCUT2D eigenvalue weighted by Crippen LogP contribution is 2.25. The molecular weight excluding hydrogens is 594 g/mol. The third-order valence-electron chi connectivity index (χ3n) is 8.78. The molecule has 0 aliphatic heterocycles. The summed E-state index contributed by atoms with van der Waals surface area (Å²) in [6, 6.07) is 0. The number of carbonyl (C=O) groups excluding carboxylic acids is 4. The van der Waals surface area contributed by atoms with Crippen LogP contribution in [0.1, 0.15) is 187 Å². The number of rotatable bonds is 35. The van der Waals surface area contributed by atoms with Crippen LogP contribution < -0.4 is 0 Å². The largest absolute Gasteiger partial charge is 0.466 e. The number of esters is 3. The molecule has 0 saturated carbocycles. The Balaban J connectivity index is 4.59. The first-order chi connectivity index (χ1) is 22.8. The molecule has 0 aliphatic rings. The van der Waals surface area contributed by atoms with Crippen molar-refractivity contribution in [2.45, 2.75) is 193 Å². The summed E-state index contributed by atoms with van der Waals surface area (Å²) in [7, 11) is 3.64. The van der Waals surface area contributed by atoms with Gasteiger partial charge in [0.25, 0.3) is 0 Å². The lowest BCUT2D eigenvalue weighted by atomic mass is 9.95. The number of hydrogen-bond donors (Lipinski definition) is 0. The normalized spacial score (nSPS) is 12.5. The Kier molecular flexibility index (Phi) is 31.2. The van der Waals surface area contributed by atoms with Crippen molar-refractivity contribution < 1.29 is 33.4 Å². The maximum absolute atomic E-state index is 13.3. The van der Waals surface area contributed by atoms with Crippen molar-refractivity contribution in [2.24, 2.45) is 0 Å². The highest BCUT2D eigenvalue weighted by molar-refractivity contribution is 5.90. The number of ether oxygens (including phenoxy) is 3. The van der Waals surface area contributed by atoms with Crippen LogP contribution in [0.3, 0.4) is 0 Å². The SMILES string of the molecule is CCCCCCCCCCCCCCOC(=O)CC(CC=O)(OC(=O)CCN(C)C)C(=O)OCCCCCCCCCCCCCC. The highest BCUT2D eigenvalue weighted by Gasteiger charge is 2.46. The molecule has 0 rings (SSSR count). The monoisotopic (exact) mass is 668 g/mol. The smallest absolute Gasteiger partial charge is 0.351 e. The number of aldehydes is 1. The van der Waals surface area contributed by atoms with Crippen LogP contribution in [0, 0.1) is 0 Å². The molecule has 0 aromatic carbocycles. The van der Waals surface area contributed by atoms with Crippen molar-refractivity contribution in [1.29, 1.82) is 0 Å². The average Bonchev–Trinajstić information content (AvgIpc) is 3.04. The Morgan fingerprint density at radius 2 is 0.936 bits per heavy atom. The molecule has 8 heteroatoms. The lowest BCUT2D eigenvalue weighted by molar-refractivity contribution is -0.188. The lowest BCUT2D eigenvalue weighted by Gasteiger charge is -2.29. The van der Waals surface area contributed by atoms with E-state index in [1.165, 1.54) is 109 Å². The van der Waals surface area contributed by atoms with E-state index in [9.17, 15) is 19.2 Å². The van der Waals surface area contributed by atoms with Gasteiger partial charge >= 0.3 is 17.9 Å². The van der Waals surface area contributed by atoms with Crippen molar-refractivity contribution in [3.63, 3.8) is 0 Å². The van der Waals surface area contributed by atoms with Crippen LogP contribution in [0.4, 0.5) is 0 Å². The van der Waals surface area contributed by atoms with Gasteiger partial charge in [0.2, 0.25) is 5.60 Å². The topological polar surface area (TPSA) is 99.2 Å². The predicted molar refractivity (Wildman–Crippen MR) is 191 cm³/mol. The molecule has 0 fully saturated rings. The van der Waals surface area contributed by atoms with Gasteiger partial charge < -0.3 is 23.9 Å². The van der Waals surface area contributed by atoms with E-state index in [1.54, 1.807) is 0 Å². The Morgan fingerprint density at radius 1 is 0.553 bits per heavy atom. The molecule has 0 amide bonds. The zero-order valence-corrected chi connectivity index (χ0v) is 31.1. The third-order valence-corrected chi connectivity index (χ3v) is 8.78. The molecule has 0 bridgehead atoms. The summed E-state index contributed by atoms with van der Waals surface area (Å²) < 4.78 is 16.5. The van der Waals surface area contributed by atoms with Crippen molar-refractivity contribution in [3.8, 4) is 0 Å². The maximum atomic E-state index is 13.3. The van der Waals surface area contributed by atoms with E-state index in [4.69, 9.17) is 14.2 Å². The Bertz CT molecular complexity index is 772. The summed E-state index contributed by atoms with van der Waals surface area (Å²) in [5, 5.41) is 0. The summed E-state index contributed by atoms with van der Waals surface area (Å²) in [4.78, 5) is 52.3. The van der Waals surface area contributed by atoms with Gasteiger partial charge in [-0.1, -0.05) is 155 Å². The van der Waals surface area contributed by atoms with Crippen molar-refractivity contribution in [1.82, 2.24) is 4.90 Å². The minimum Gasteiger partial charge on any atom is -0.466 e. The minimum atomic E-state index is -2.00. The zero-order chi connectivity index (χ0) is 34.9. The molecule has 0 aromatic rings. The maximum Gasteiger partial charge on any atom is 0.351 e. The van der Waals surface area contributed by atoms with E-state index >= 15 is 0 Å². The molecule has 8 nitrogen and oxygen atoms in total. The number of hydrogen-bond acceptors (Lipinski definition) is 8. The minimum absolute atomic E-state index is 0.0214. The van der Waals surface area contributed by atoms with E-state index in [-0.39, 0.29) is 19.6 Å². The van der Waals surface area contributed by atoms with Gasteiger partial charge in [0.1, 0.15) is 6.29 Å². The fourth-order valence-electron chi connectivity index (χ4n) is 5.72. The zero-order valence-electron chi connectivity index (χ0n) is 31.1. The van der Waals surface area contributed by atoms with Gasteiger partial charge in [0.05, 0.1) is 32.5 Å². The molecule has 0 N–H and O–H groups in total. The van der Waals surface area contributed by atoms with Crippen molar-refractivity contribution in [2.75, 3.05) is 33.9 Å². The second-order valence-electron chi connectivity index (χ2n) is 13.7. The van der Waals surface area contributed by atoms with Crippen LogP contribution in [0.15, 0.2) is 0 Å². The van der Waals surface area contributed by atoms with Gasteiger partial charge in [-0.25, -0.2) is 4.79 Å². The third kappa shape index (κ3) is 27.7. The Morgan fingerprint density at radius 3 is 1.32 bits per heavy atom. The van der Waals surface area contributed by atoms with Crippen LogP contribution in [0.5, 0.6) is 0 Å². The first kappa shape index (κ1) is 45.0. The molecule has 0 aromatic heterocycles. The van der Waals surface area contributed by atoms with E-state index in [2.05, 4.69) is 13.8 Å². The lowest BCUT2D eigenvalue weighted by Crippen LogP contribution is -2.47. The molecule has 0 heterocycles. The van der Waals surface area contributed by atoms with E-state index in [0.717, 1.165) is 38.5 Å². The fraction of sp³-hybridized carbons (Fsp3) is 0.897. The van der Waals surface area contributed by atoms with E-state index in [0.29, 0.717) is 19.3 Å². The first-order valence-corrected chi connectivity index (χ1v) is 19.4. The predicted octanol–water partition coefficient (Wildman–Crippen LogP) is 9.69. The summed E-state index contributed by atoms with van der Waals surface area (Å²) in [6.45, 7) is 5.27. The van der Waals surface area contributed by atoms with Crippen LogP contribution in [0.25, 0.3) is 0 Å². The summed E-state index contributed by atoms with van der Waals surface area (Å²) in [6.07, 6.45) is 28.2. The van der Waals surface area contributed by atoms with Gasteiger partial charge in [0, 0.05) is 6.54 Å². The number of nitrogens with zero attached hydrogens (tertiary/aromatic N) is 1. The summed E-state index contributed by atoms with van der Waals surface area (Å²) >= 11 is 0. The molecule has 0 radical (unpaired) electrons. The quantitative estimate of drug-likeness (QED) is 0.0285. The molecule has 0 saturated heterocycles. The second-order valence-corrected chi connectivity index (χ2v) is 13.7. The molecule has 276 valence electrons. The Hall–Kier alpha value is -1.96. The molecule has 1 atom stereocenters. The average molecular weight is 668 g/mol. The van der Waals surface area contributed by atoms with E-state index in [1.807, 2.05) is 19.0 Å². The van der Waals surface area contributed by atoms with Gasteiger partial charge in [-0.05, 0) is 26.9 Å². The van der Waals surface area contributed by atoms with Gasteiger partial charge in [-0.2, -0.15) is 0 Å².